The molecule has 1 saturated heterocycles. The molecule has 2 fully saturated rings. The number of ether oxygens (including phenoxy) is 1. The lowest BCUT2D eigenvalue weighted by molar-refractivity contribution is -0.126. The van der Waals surface area contributed by atoms with Crippen molar-refractivity contribution in [3.05, 3.63) is 30.1 Å². The number of nitrogens with one attached hydrogen (secondary N) is 2. The number of hydrogen-bond donors (Lipinski definition) is 2. The molecule has 0 radical (unpaired) electrons. The maximum absolute atomic E-state index is 12.9. The van der Waals surface area contributed by atoms with E-state index in [1.165, 1.54) is 12.1 Å². The van der Waals surface area contributed by atoms with Crippen LogP contribution in [-0.4, -0.2) is 48.6 Å². The van der Waals surface area contributed by atoms with Crippen LogP contribution in [-0.2, 0) is 4.79 Å². The average Bonchev–Trinajstić information content (AvgIpc) is 3.45. The molecule has 0 aromatic heterocycles. The van der Waals surface area contributed by atoms with Crippen LogP contribution >= 0.6 is 0 Å². The van der Waals surface area contributed by atoms with Crippen molar-refractivity contribution < 1.29 is 18.7 Å². The average molecular weight is 363 g/mol. The molecule has 7 heteroatoms. The number of urea groups is 1. The fourth-order valence-electron chi connectivity index (χ4n) is 3.02. The summed E-state index contributed by atoms with van der Waals surface area (Å²) in [5, 5.41) is 5.92. The fraction of sp³-hybridized carbons (Fsp3) is 0.579. The first-order valence-corrected chi connectivity index (χ1v) is 9.25. The number of rotatable bonds is 6. The van der Waals surface area contributed by atoms with Crippen LogP contribution < -0.4 is 15.4 Å². The third-order valence-corrected chi connectivity index (χ3v) is 4.69. The number of carbonyl (C=O) groups excluding carboxylic acids is 2. The molecular formula is C19H26FN3O3. The summed E-state index contributed by atoms with van der Waals surface area (Å²) in [4.78, 5) is 26.4. The Hall–Kier alpha value is -2.31. The highest BCUT2D eigenvalue weighted by molar-refractivity contribution is 5.81. The van der Waals surface area contributed by atoms with E-state index in [4.69, 9.17) is 4.74 Å². The first-order chi connectivity index (χ1) is 12.5. The van der Waals surface area contributed by atoms with Crippen molar-refractivity contribution in [2.24, 2.45) is 5.92 Å². The predicted molar refractivity (Wildman–Crippen MR) is 95.4 cm³/mol. The maximum Gasteiger partial charge on any atom is 0.317 e. The zero-order valence-electron chi connectivity index (χ0n) is 15.0. The van der Waals surface area contributed by atoms with E-state index in [1.807, 2.05) is 6.92 Å². The Kier molecular flexibility index (Phi) is 5.96. The molecule has 0 spiro atoms. The summed E-state index contributed by atoms with van der Waals surface area (Å²) in [6.45, 7) is 3.25. The Morgan fingerprint density at radius 3 is 2.69 bits per heavy atom. The number of hydrogen-bond acceptors (Lipinski definition) is 3. The number of nitrogens with zero attached hydrogens (tertiary/aromatic N) is 1. The van der Waals surface area contributed by atoms with Gasteiger partial charge in [-0.05, 0) is 56.9 Å². The summed E-state index contributed by atoms with van der Waals surface area (Å²) in [6.07, 6.45) is 3.78. The fourth-order valence-corrected chi connectivity index (χ4v) is 3.02. The highest BCUT2D eigenvalue weighted by Crippen LogP contribution is 2.22. The summed E-state index contributed by atoms with van der Waals surface area (Å²) >= 11 is 0. The van der Waals surface area contributed by atoms with Crippen molar-refractivity contribution in [3.8, 4) is 5.75 Å². The zero-order chi connectivity index (χ0) is 18.5. The highest BCUT2D eigenvalue weighted by atomic mass is 19.1. The largest absolute Gasteiger partial charge is 0.491 e. The molecule has 1 aromatic rings. The van der Waals surface area contributed by atoms with Crippen LogP contribution in [0.2, 0.25) is 0 Å². The van der Waals surface area contributed by atoms with E-state index < -0.39 is 0 Å². The van der Waals surface area contributed by atoms with Crippen LogP contribution in [0.4, 0.5) is 9.18 Å². The minimum Gasteiger partial charge on any atom is -0.491 e. The van der Waals surface area contributed by atoms with Crippen LogP contribution in [0.25, 0.3) is 0 Å². The van der Waals surface area contributed by atoms with Gasteiger partial charge in [-0.3, -0.25) is 4.79 Å². The monoisotopic (exact) mass is 363 g/mol. The molecule has 2 atom stereocenters. The SMILES string of the molecule is C[C@H](COc1ccc(F)cc1)NC(=O)N1CCC[C@@H](C(=O)NC2CC2)C1. The normalized spacial score (nSPS) is 21.0. The Bertz CT molecular complexity index is 633. The van der Waals surface area contributed by atoms with E-state index in [2.05, 4.69) is 10.6 Å². The molecule has 3 amide bonds. The molecule has 1 heterocycles. The van der Waals surface area contributed by atoms with Crippen molar-refractivity contribution in [3.63, 3.8) is 0 Å². The molecule has 3 rings (SSSR count). The molecule has 2 N–H and O–H groups in total. The van der Waals surface area contributed by atoms with Gasteiger partial charge in [0.25, 0.3) is 0 Å². The lowest BCUT2D eigenvalue weighted by Crippen LogP contribution is -2.51. The topological polar surface area (TPSA) is 70.7 Å². The van der Waals surface area contributed by atoms with Gasteiger partial charge in [0.1, 0.15) is 18.2 Å². The number of benzene rings is 1. The summed E-state index contributed by atoms with van der Waals surface area (Å²) in [5.74, 6) is 0.185. The van der Waals surface area contributed by atoms with Crippen LogP contribution in [0.15, 0.2) is 24.3 Å². The van der Waals surface area contributed by atoms with E-state index in [0.29, 0.717) is 24.9 Å². The third kappa shape index (κ3) is 5.34. The first-order valence-electron chi connectivity index (χ1n) is 9.25. The second kappa shape index (κ2) is 8.38. The molecule has 1 aromatic carbocycles. The predicted octanol–water partition coefficient (Wildman–Crippen LogP) is 2.29. The van der Waals surface area contributed by atoms with Gasteiger partial charge in [-0.2, -0.15) is 0 Å². The van der Waals surface area contributed by atoms with E-state index in [1.54, 1.807) is 17.0 Å². The minimum absolute atomic E-state index is 0.0673. The Labute approximate surface area is 153 Å². The molecule has 1 aliphatic carbocycles. The summed E-state index contributed by atoms with van der Waals surface area (Å²) in [5.41, 5.74) is 0. The van der Waals surface area contributed by atoms with Gasteiger partial charge < -0.3 is 20.3 Å². The summed E-state index contributed by atoms with van der Waals surface area (Å²) in [7, 11) is 0. The van der Waals surface area contributed by atoms with Crippen LogP contribution in [0, 0.1) is 11.7 Å². The number of halogens is 1. The number of piperidine rings is 1. The van der Waals surface area contributed by atoms with Crippen molar-refractivity contribution >= 4 is 11.9 Å². The van der Waals surface area contributed by atoms with Gasteiger partial charge in [0, 0.05) is 19.1 Å². The van der Waals surface area contributed by atoms with Crippen LogP contribution in [0.1, 0.15) is 32.6 Å². The second-order valence-corrected chi connectivity index (χ2v) is 7.18. The Morgan fingerprint density at radius 1 is 1.27 bits per heavy atom. The molecule has 0 bridgehead atoms. The number of carbonyl (C=O) groups is 2. The standard InChI is InChI=1S/C19H26FN3O3/c1-13(12-26-17-8-4-15(20)5-9-17)21-19(25)23-10-2-3-14(11-23)18(24)22-16-6-7-16/h4-5,8-9,13-14,16H,2-3,6-7,10-12H2,1H3,(H,21,25)(H,22,24)/t13-,14-/m1/s1. The van der Waals surface area contributed by atoms with Gasteiger partial charge in [0.05, 0.1) is 12.0 Å². The number of likely N-dealkylation sites (tertiary alicyclic amines) is 1. The lowest BCUT2D eigenvalue weighted by atomic mass is 9.97. The van der Waals surface area contributed by atoms with Crippen LogP contribution in [0.3, 0.4) is 0 Å². The van der Waals surface area contributed by atoms with E-state index in [-0.39, 0.29) is 36.3 Å². The molecule has 1 aliphatic heterocycles. The Balaban J connectivity index is 1.42. The second-order valence-electron chi connectivity index (χ2n) is 7.18. The molecule has 2 aliphatic rings. The van der Waals surface area contributed by atoms with E-state index in [0.717, 1.165) is 25.7 Å². The van der Waals surface area contributed by atoms with E-state index >= 15 is 0 Å². The minimum atomic E-state index is -0.316. The zero-order valence-corrected chi connectivity index (χ0v) is 15.0. The molecule has 1 saturated carbocycles. The molecule has 0 unspecified atom stereocenters. The quantitative estimate of drug-likeness (QED) is 0.815. The Morgan fingerprint density at radius 2 is 2.00 bits per heavy atom. The molecule has 142 valence electrons. The van der Waals surface area contributed by atoms with Gasteiger partial charge in [0.2, 0.25) is 5.91 Å². The summed E-state index contributed by atoms with van der Waals surface area (Å²) < 4.78 is 18.4. The smallest absolute Gasteiger partial charge is 0.317 e. The molecule has 26 heavy (non-hydrogen) atoms. The van der Waals surface area contributed by atoms with Crippen molar-refractivity contribution in [2.75, 3.05) is 19.7 Å². The third-order valence-electron chi connectivity index (χ3n) is 4.69. The van der Waals surface area contributed by atoms with Gasteiger partial charge in [-0.25, -0.2) is 9.18 Å². The van der Waals surface area contributed by atoms with Gasteiger partial charge in [-0.15, -0.1) is 0 Å². The van der Waals surface area contributed by atoms with Crippen molar-refractivity contribution in [1.82, 2.24) is 15.5 Å². The lowest BCUT2D eigenvalue weighted by Gasteiger charge is -2.33. The van der Waals surface area contributed by atoms with E-state index in [9.17, 15) is 14.0 Å². The number of amides is 3. The van der Waals surface area contributed by atoms with Gasteiger partial charge in [0.15, 0.2) is 0 Å². The van der Waals surface area contributed by atoms with Gasteiger partial charge in [-0.1, -0.05) is 0 Å². The van der Waals surface area contributed by atoms with Crippen molar-refractivity contribution in [2.45, 2.75) is 44.7 Å². The molecule has 6 nitrogen and oxygen atoms in total. The molecular weight excluding hydrogens is 337 g/mol. The van der Waals surface area contributed by atoms with Crippen LogP contribution in [0.5, 0.6) is 5.75 Å². The summed E-state index contributed by atoms with van der Waals surface area (Å²) in [6, 6.07) is 5.74. The first kappa shape index (κ1) is 18.5. The maximum atomic E-state index is 12.9. The van der Waals surface area contributed by atoms with Gasteiger partial charge >= 0.3 is 6.03 Å². The highest BCUT2D eigenvalue weighted by Gasteiger charge is 2.32. The van der Waals surface area contributed by atoms with Crippen molar-refractivity contribution in [1.29, 1.82) is 0 Å².